The number of aliphatic imine (C=N–C) groups is 2. The molecule has 1 fully saturated rings. The first-order valence-corrected chi connectivity index (χ1v) is 4.93. The van der Waals surface area contributed by atoms with Crippen LogP contribution in [0.3, 0.4) is 0 Å². The lowest BCUT2D eigenvalue weighted by Gasteiger charge is -1.93. The minimum absolute atomic E-state index is 0.0956. The van der Waals surface area contributed by atoms with Crippen LogP contribution in [-0.4, -0.2) is 22.6 Å². The summed E-state index contributed by atoms with van der Waals surface area (Å²) in [7, 11) is 0. The van der Waals surface area contributed by atoms with Crippen LogP contribution < -0.4 is 5.56 Å². The maximum Gasteiger partial charge on any atom is 0.271 e. The molecule has 0 unspecified atom stereocenters. The number of nitrogens with zero attached hydrogens (tertiary/aromatic N) is 2. The molecule has 5 heteroatoms. The summed E-state index contributed by atoms with van der Waals surface area (Å²) in [4.78, 5) is 19.6. The molecule has 2 N–H and O–H groups in total. The SMILES string of the molecule is O=c1[nH][nH]c(C2CC2)c1C=C1N=CC=N1. The van der Waals surface area contributed by atoms with Crippen molar-refractivity contribution in [2.45, 2.75) is 18.8 Å². The molecule has 1 aromatic rings. The van der Waals surface area contributed by atoms with E-state index in [2.05, 4.69) is 20.2 Å². The number of rotatable bonds is 2. The van der Waals surface area contributed by atoms with Crippen molar-refractivity contribution >= 4 is 18.5 Å². The van der Waals surface area contributed by atoms with Gasteiger partial charge in [0.2, 0.25) is 0 Å². The van der Waals surface area contributed by atoms with Crippen molar-refractivity contribution in [1.82, 2.24) is 10.2 Å². The van der Waals surface area contributed by atoms with E-state index in [0.717, 1.165) is 18.5 Å². The lowest BCUT2D eigenvalue weighted by molar-refractivity contribution is 0.955. The standard InChI is InChI=1S/C10H10N4O/c15-10-7(5-8-11-3-4-12-8)9(13-14-10)6-1-2-6/h3-6H,1-2H2,(H2,13,14,15). The van der Waals surface area contributed by atoms with Crippen molar-refractivity contribution in [1.29, 1.82) is 0 Å². The smallest absolute Gasteiger partial charge is 0.271 e. The zero-order valence-corrected chi connectivity index (χ0v) is 8.03. The van der Waals surface area contributed by atoms with E-state index in [0.29, 0.717) is 17.3 Å². The van der Waals surface area contributed by atoms with Crippen LogP contribution in [0.25, 0.3) is 6.08 Å². The zero-order chi connectivity index (χ0) is 10.3. The maximum absolute atomic E-state index is 11.5. The summed E-state index contributed by atoms with van der Waals surface area (Å²) in [6, 6.07) is 0. The van der Waals surface area contributed by atoms with Crippen LogP contribution in [0.5, 0.6) is 0 Å². The Balaban J connectivity index is 2.06. The average Bonchev–Trinajstić information content (AvgIpc) is 2.82. The minimum atomic E-state index is -0.0956. The first-order valence-electron chi connectivity index (χ1n) is 4.93. The van der Waals surface area contributed by atoms with E-state index < -0.39 is 0 Å². The third kappa shape index (κ3) is 1.45. The first-order chi connectivity index (χ1) is 7.34. The topological polar surface area (TPSA) is 73.4 Å². The maximum atomic E-state index is 11.5. The highest BCUT2D eigenvalue weighted by Crippen LogP contribution is 2.40. The number of hydrogen-bond acceptors (Lipinski definition) is 3. The van der Waals surface area contributed by atoms with Crippen LogP contribution in [0.15, 0.2) is 20.6 Å². The van der Waals surface area contributed by atoms with Crippen LogP contribution in [-0.2, 0) is 0 Å². The van der Waals surface area contributed by atoms with E-state index in [1.807, 2.05) is 0 Å². The zero-order valence-electron chi connectivity index (χ0n) is 8.03. The van der Waals surface area contributed by atoms with E-state index in [1.165, 1.54) is 0 Å². The molecule has 1 aliphatic heterocycles. The number of aromatic nitrogens is 2. The molecule has 0 amide bonds. The highest BCUT2D eigenvalue weighted by Gasteiger charge is 2.28. The lowest BCUT2D eigenvalue weighted by Crippen LogP contribution is -2.02. The number of hydrogen-bond donors (Lipinski definition) is 2. The van der Waals surface area contributed by atoms with Gasteiger partial charge in [0.05, 0.1) is 5.56 Å². The molecule has 2 heterocycles. The van der Waals surface area contributed by atoms with Crippen molar-refractivity contribution in [3.63, 3.8) is 0 Å². The predicted molar refractivity (Wildman–Crippen MR) is 58.3 cm³/mol. The van der Waals surface area contributed by atoms with Gasteiger partial charge in [0.25, 0.3) is 5.56 Å². The number of nitrogens with one attached hydrogen (secondary N) is 2. The third-order valence-electron chi connectivity index (χ3n) is 2.58. The van der Waals surface area contributed by atoms with Gasteiger partial charge in [-0.1, -0.05) is 0 Å². The summed E-state index contributed by atoms with van der Waals surface area (Å²) in [5.74, 6) is 1.09. The molecule has 0 radical (unpaired) electrons. The summed E-state index contributed by atoms with van der Waals surface area (Å²) < 4.78 is 0. The highest BCUT2D eigenvalue weighted by atomic mass is 16.1. The Bertz CT molecular complexity index is 514. The Labute approximate surface area is 85.6 Å². The summed E-state index contributed by atoms with van der Waals surface area (Å²) in [6.45, 7) is 0. The minimum Gasteiger partial charge on any atom is -0.301 e. The third-order valence-corrected chi connectivity index (χ3v) is 2.58. The molecule has 1 saturated carbocycles. The molecule has 3 rings (SSSR count). The van der Waals surface area contributed by atoms with Crippen LogP contribution in [0, 0.1) is 0 Å². The molecular weight excluding hydrogens is 192 g/mol. The van der Waals surface area contributed by atoms with E-state index in [4.69, 9.17) is 0 Å². The van der Waals surface area contributed by atoms with Crippen LogP contribution >= 0.6 is 0 Å². The van der Waals surface area contributed by atoms with Gasteiger partial charge in [-0.15, -0.1) is 0 Å². The fourth-order valence-electron chi connectivity index (χ4n) is 1.67. The number of aromatic amines is 2. The Morgan fingerprint density at radius 3 is 2.67 bits per heavy atom. The molecule has 2 aliphatic rings. The second kappa shape index (κ2) is 3.05. The predicted octanol–water partition coefficient (Wildman–Crippen LogP) is 1.03. The highest BCUT2D eigenvalue weighted by molar-refractivity contribution is 6.18. The molecule has 1 aromatic heterocycles. The lowest BCUT2D eigenvalue weighted by atomic mass is 10.1. The van der Waals surface area contributed by atoms with Gasteiger partial charge in [0.1, 0.15) is 0 Å². The van der Waals surface area contributed by atoms with Gasteiger partial charge in [0, 0.05) is 24.0 Å². The fraction of sp³-hybridized carbons (Fsp3) is 0.300. The molecule has 1 aliphatic carbocycles. The Hall–Kier alpha value is -1.91. The normalized spacial score (nSPS) is 18.8. The summed E-state index contributed by atoms with van der Waals surface area (Å²) in [5.41, 5.74) is 1.57. The second-order valence-electron chi connectivity index (χ2n) is 3.74. The van der Waals surface area contributed by atoms with E-state index in [-0.39, 0.29) is 5.56 Å². The molecule has 0 aromatic carbocycles. The van der Waals surface area contributed by atoms with E-state index >= 15 is 0 Å². The van der Waals surface area contributed by atoms with Gasteiger partial charge in [-0.2, -0.15) is 0 Å². The molecule has 76 valence electrons. The summed E-state index contributed by atoms with van der Waals surface area (Å²) in [5, 5.41) is 5.53. The van der Waals surface area contributed by atoms with Gasteiger partial charge in [-0.05, 0) is 18.9 Å². The van der Waals surface area contributed by atoms with Crippen LogP contribution in [0.4, 0.5) is 0 Å². The van der Waals surface area contributed by atoms with E-state index in [9.17, 15) is 4.79 Å². The molecule has 0 atom stereocenters. The van der Waals surface area contributed by atoms with Crippen molar-refractivity contribution < 1.29 is 0 Å². The van der Waals surface area contributed by atoms with Crippen molar-refractivity contribution in [2.75, 3.05) is 0 Å². The monoisotopic (exact) mass is 202 g/mol. The van der Waals surface area contributed by atoms with Gasteiger partial charge >= 0.3 is 0 Å². The van der Waals surface area contributed by atoms with Crippen molar-refractivity contribution in [3.05, 3.63) is 27.4 Å². The molecule has 0 spiro atoms. The van der Waals surface area contributed by atoms with Crippen molar-refractivity contribution in [2.24, 2.45) is 9.98 Å². The Morgan fingerprint density at radius 1 is 1.27 bits per heavy atom. The van der Waals surface area contributed by atoms with Gasteiger partial charge in [-0.25, -0.2) is 9.98 Å². The fourth-order valence-corrected chi connectivity index (χ4v) is 1.67. The largest absolute Gasteiger partial charge is 0.301 e. The second-order valence-corrected chi connectivity index (χ2v) is 3.74. The van der Waals surface area contributed by atoms with Gasteiger partial charge < -0.3 is 5.10 Å². The summed E-state index contributed by atoms with van der Waals surface area (Å²) >= 11 is 0. The first kappa shape index (κ1) is 8.40. The Kier molecular flexibility index (Phi) is 1.71. The van der Waals surface area contributed by atoms with Crippen molar-refractivity contribution in [3.8, 4) is 0 Å². The molecule has 0 saturated heterocycles. The average molecular weight is 202 g/mol. The quantitative estimate of drug-likeness (QED) is 0.738. The number of H-pyrrole nitrogens is 2. The van der Waals surface area contributed by atoms with E-state index in [1.54, 1.807) is 18.5 Å². The molecule has 5 nitrogen and oxygen atoms in total. The van der Waals surface area contributed by atoms with Gasteiger partial charge in [0.15, 0.2) is 5.82 Å². The molecule has 0 bridgehead atoms. The molecule has 15 heavy (non-hydrogen) atoms. The molecular formula is C10H10N4O. The van der Waals surface area contributed by atoms with Crippen LogP contribution in [0.1, 0.15) is 30.0 Å². The van der Waals surface area contributed by atoms with Gasteiger partial charge in [-0.3, -0.25) is 9.89 Å². The summed E-state index contributed by atoms with van der Waals surface area (Å²) in [6.07, 6.45) is 7.25. The Morgan fingerprint density at radius 2 is 2.00 bits per heavy atom. The van der Waals surface area contributed by atoms with Crippen LogP contribution in [0.2, 0.25) is 0 Å².